The summed E-state index contributed by atoms with van der Waals surface area (Å²) in [6.45, 7) is 0.521. The van der Waals surface area contributed by atoms with E-state index in [0.717, 1.165) is 11.3 Å². The molecule has 1 aromatic rings. The molecule has 0 saturated carbocycles. The van der Waals surface area contributed by atoms with Gasteiger partial charge in [-0.25, -0.2) is 0 Å². The lowest BCUT2D eigenvalue weighted by atomic mass is 10.1. The Morgan fingerprint density at radius 2 is 2.15 bits per heavy atom. The lowest BCUT2D eigenvalue weighted by molar-refractivity contribution is 0.181. The number of nitrogens with two attached hydrogens (primary N) is 1. The average Bonchev–Trinajstić information content (AvgIpc) is 2.18. The van der Waals surface area contributed by atoms with Crippen LogP contribution in [0.25, 0.3) is 0 Å². The van der Waals surface area contributed by atoms with Gasteiger partial charge in [0.15, 0.2) is 0 Å². The van der Waals surface area contributed by atoms with Gasteiger partial charge in [0.2, 0.25) is 0 Å². The van der Waals surface area contributed by atoms with Gasteiger partial charge in [-0.3, -0.25) is 0 Å². The SMILES string of the molecule is COC[C@H](N)c1cccc(OC)c1. The minimum atomic E-state index is -0.0832. The van der Waals surface area contributed by atoms with Gasteiger partial charge in [0, 0.05) is 7.11 Å². The van der Waals surface area contributed by atoms with Crippen molar-refractivity contribution in [3.63, 3.8) is 0 Å². The topological polar surface area (TPSA) is 44.5 Å². The van der Waals surface area contributed by atoms with Crippen LogP contribution in [0.2, 0.25) is 0 Å². The van der Waals surface area contributed by atoms with Crippen molar-refractivity contribution in [3.8, 4) is 5.75 Å². The molecule has 72 valence electrons. The Hall–Kier alpha value is -1.06. The highest BCUT2D eigenvalue weighted by atomic mass is 16.5. The second-order valence-electron chi connectivity index (χ2n) is 2.84. The van der Waals surface area contributed by atoms with E-state index in [1.807, 2.05) is 24.3 Å². The van der Waals surface area contributed by atoms with Crippen LogP contribution in [0, 0.1) is 0 Å². The van der Waals surface area contributed by atoms with Crippen molar-refractivity contribution in [2.24, 2.45) is 5.73 Å². The van der Waals surface area contributed by atoms with Gasteiger partial charge in [-0.1, -0.05) is 12.1 Å². The van der Waals surface area contributed by atoms with Crippen LogP contribution in [0.1, 0.15) is 11.6 Å². The first-order valence-electron chi connectivity index (χ1n) is 4.16. The standard InChI is InChI=1S/C10H15NO2/c1-12-7-10(11)8-4-3-5-9(6-8)13-2/h3-6,10H,7,11H2,1-2H3/t10-/m0/s1. The van der Waals surface area contributed by atoms with E-state index >= 15 is 0 Å². The maximum atomic E-state index is 5.85. The summed E-state index contributed by atoms with van der Waals surface area (Å²) in [5, 5.41) is 0. The monoisotopic (exact) mass is 181 g/mol. The largest absolute Gasteiger partial charge is 0.497 e. The third kappa shape index (κ3) is 2.72. The van der Waals surface area contributed by atoms with Crippen molar-refractivity contribution >= 4 is 0 Å². The van der Waals surface area contributed by atoms with E-state index in [4.69, 9.17) is 15.2 Å². The van der Waals surface area contributed by atoms with E-state index < -0.39 is 0 Å². The smallest absolute Gasteiger partial charge is 0.119 e. The van der Waals surface area contributed by atoms with Crippen LogP contribution in [0.4, 0.5) is 0 Å². The Labute approximate surface area is 78.5 Å². The molecular weight excluding hydrogens is 166 g/mol. The van der Waals surface area contributed by atoms with Gasteiger partial charge < -0.3 is 15.2 Å². The first kappa shape index (κ1) is 10.0. The second-order valence-corrected chi connectivity index (χ2v) is 2.84. The Bertz CT molecular complexity index is 263. The Morgan fingerprint density at radius 1 is 1.38 bits per heavy atom. The first-order valence-corrected chi connectivity index (χ1v) is 4.16. The molecule has 1 aromatic carbocycles. The van der Waals surface area contributed by atoms with Gasteiger partial charge in [0.05, 0.1) is 19.8 Å². The van der Waals surface area contributed by atoms with Crippen LogP contribution in [0.5, 0.6) is 5.75 Å². The summed E-state index contributed by atoms with van der Waals surface area (Å²) in [5.41, 5.74) is 6.88. The van der Waals surface area contributed by atoms with Crippen molar-refractivity contribution in [1.29, 1.82) is 0 Å². The van der Waals surface area contributed by atoms with Crippen molar-refractivity contribution in [3.05, 3.63) is 29.8 Å². The number of rotatable bonds is 4. The highest BCUT2D eigenvalue weighted by Crippen LogP contribution is 2.17. The fourth-order valence-electron chi connectivity index (χ4n) is 1.15. The Kier molecular flexibility index (Phi) is 3.73. The molecule has 0 aliphatic carbocycles. The summed E-state index contributed by atoms with van der Waals surface area (Å²) in [5.74, 6) is 0.823. The molecule has 1 rings (SSSR count). The summed E-state index contributed by atoms with van der Waals surface area (Å²) in [6, 6.07) is 7.61. The minimum Gasteiger partial charge on any atom is -0.497 e. The molecule has 0 radical (unpaired) electrons. The zero-order valence-electron chi connectivity index (χ0n) is 7.99. The van der Waals surface area contributed by atoms with Gasteiger partial charge in [0.1, 0.15) is 5.75 Å². The molecule has 1 atom stereocenters. The third-order valence-corrected chi connectivity index (χ3v) is 1.87. The molecule has 0 fully saturated rings. The fraction of sp³-hybridized carbons (Fsp3) is 0.400. The molecule has 3 nitrogen and oxygen atoms in total. The first-order chi connectivity index (χ1) is 6.27. The molecule has 0 spiro atoms. The maximum absolute atomic E-state index is 5.85. The van der Waals surface area contributed by atoms with Crippen molar-refractivity contribution < 1.29 is 9.47 Å². The molecule has 0 aliphatic rings. The molecule has 13 heavy (non-hydrogen) atoms. The molecule has 0 unspecified atom stereocenters. The van der Waals surface area contributed by atoms with E-state index in [9.17, 15) is 0 Å². The van der Waals surface area contributed by atoms with Crippen LogP contribution < -0.4 is 10.5 Å². The zero-order valence-corrected chi connectivity index (χ0v) is 7.99. The zero-order chi connectivity index (χ0) is 9.68. The average molecular weight is 181 g/mol. The van der Waals surface area contributed by atoms with Gasteiger partial charge in [-0.05, 0) is 17.7 Å². The van der Waals surface area contributed by atoms with Gasteiger partial charge in [-0.2, -0.15) is 0 Å². The number of ether oxygens (including phenoxy) is 2. The van der Waals surface area contributed by atoms with E-state index in [1.54, 1.807) is 14.2 Å². The van der Waals surface area contributed by atoms with Crippen molar-refractivity contribution in [1.82, 2.24) is 0 Å². The lowest BCUT2D eigenvalue weighted by Crippen LogP contribution is -2.15. The normalized spacial score (nSPS) is 12.5. The molecule has 2 N–H and O–H groups in total. The molecule has 0 aliphatic heterocycles. The summed E-state index contributed by atoms with van der Waals surface area (Å²) < 4.78 is 10.1. The highest BCUT2D eigenvalue weighted by molar-refractivity contribution is 5.30. The highest BCUT2D eigenvalue weighted by Gasteiger charge is 2.05. The number of hydrogen-bond acceptors (Lipinski definition) is 3. The summed E-state index contributed by atoms with van der Waals surface area (Å²) in [4.78, 5) is 0. The fourth-order valence-corrected chi connectivity index (χ4v) is 1.15. The molecule has 3 heteroatoms. The lowest BCUT2D eigenvalue weighted by Gasteiger charge is -2.11. The predicted octanol–water partition coefficient (Wildman–Crippen LogP) is 1.34. The van der Waals surface area contributed by atoms with Crippen LogP contribution in [-0.2, 0) is 4.74 Å². The molecule has 0 amide bonds. The van der Waals surface area contributed by atoms with E-state index in [1.165, 1.54) is 0 Å². The predicted molar refractivity (Wildman–Crippen MR) is 51.8 cm³/mol. The molecule has 0 bridgehead atoms. The summed E-state index contributed by atoms with van der Waals surface area (Å²) in [6.07, 6.45) is 0. The van der Waals surface area contributed by atoms with E-state index in [-0.39, 0.29) is 6.04 Å². The molecule has 0 saturated heterocycles. The van der Waals surface area contributed by atoms with E-state index in [2.05, 4.69) is 0 Å². The van der Waals surface area contributed by atoms with E-state index in [0.29, 0.717) is 6.61 Å². The number of methoxy groups -OCH3 is 2. The second kappa shape index (κ2) is 4.84. The Balaban J connectivity index is 2.75. The third-order valence-electron chi connectivity index (χ3n) is 1.87. The van der Waals surface area contributed by atoms with Gasteiger partial charge in [0.25, 0.3) is 0 Å². The number of benzene rings is 1. The van der Waals surface area contributed by atoms with Gasteiger partial charge >= 0.3 is 0 Å². The minimum absolute atomic E-state index is 0.0832. The molecule has 0 heterocycles. The quantitative estimate of drug-likeness (QED) is 0.762. The van der Waals surface area contributed by atoms with Crippen LogP contribution >= 0.6 is 0 Å². The Morgan fingerprint density at radius 3 is 2.77 bits per heavy atom. The van der Waals surface area contributed by atoms with Crippen LogP contribution in [0.3, 0.4) is 0 Å². The summed E-state index contributed by atoms with van der Waals surface area (Å²) >= 11 is 0. The molecule has 0 aromatic heterocycles. The van der Waals surface area contributed by atoms with Crippen molar-refractivity contribution in [2.75, 3.05) is 20.8 Å². The van der Waals surface area contributed by atoms with Gasteiger partial charge in [-0.15, -0.1) is 0 Å². The summed E-state index contributed by atoms with van der Waals surface area (Å²) in [7, 11) is 3.28. The van der Waals surface area contributed by atoms with Crippen LogP contribution in [-0.4, -0.2) is 20.8 Å². The molecular formula is C10H15NO2. The maximum Gasteiger partial charge on any atom is 0.119 e. The number of hydrogen-bond donors (Lipinski definition) is 1. The van der Waals surface area contributed by atoms with Crippen molar-refractivity contribution in [2.45, 2.75) is 6.04 Å². The van der Waals surface area contributed by atoms with Crippen LogP contribution in [0.15, 0.2) is 24.3 Å².